The zero-order valence-electron chi connectivity index (χ0n) is 20.9. The van der Waals surface area contributed by atoms with Crippen LogP contribution in [-0.4, -0.2) is 106 Å². The fraction of sp³-hybridized carbons (Fsp3) is 0.417. The molecule has 1 aromatic carbocycles. The molecule has 3 rings (SSSR count). The SMILES string of the molecule is CCOP(=O)(O)C[C@H](NC(=O)c1cc(NCCO)cc(-c2ccccc2)n1)C(=O)N1CCN(C(=O)O)CC1. The minimum absolute atomic E-state index is 0.0514. The van der Waals surface area contributed by atoms with Crippen LogP contribution in [0.2, 0.25) is 0 Å². The van der Waals surface area contributed by atoms with Crippen LogP contribution in [0.1, 0.15) is 17.4 Å². The third-order valence-electron chi connectivity index (χ3n) is 5.78. The maximum Gasteiger partial charge on any atom is 0.407 e. The van der Waals surface area contributed by atoms with Gasteiger partial charge in [0.1, 0.15) is 11.7 Å². The minimum Gasteiger partial charge on any atom is -0.465 e. The molecule has 14 heteroatoms. The van der Waals surface area contributed by atoms with E-state index in [1.54, 1.807) is 6.07 Å². The van der Waals surface area contributed by atoms with Crippen LogP contribution in [-0.2, 0) is 13.9 Å². The molecular weight excluding hydrogens is 517 g/mol. The molecule has 1 saturated heterocycles. The molecule has 1 aliphatic heterocycles. The van der Waals surface area contributed by atoms with Gasteiger partial charge in [-0.15, -0.1) is 0 Å². The smallest absolute Gasteiger partial charge is 0.407 e. The lowest BCUT2D eigenvalue weighted by Gasteiger charge is -2.35. The molecule has 1 unspecified atom stereocenters. The normalized spacial score (nSPS) is 15.9. The topological polar surface area (TPSA) is 182 Å². The number of carboxylic acid groups (broad SMARTS) is 1. The van der Waals surface area contributed by atoms with Crippen molar-refractivity contribution in [2.75, 3.05) is 57.4 Å². The van der Waals surface area contributed by atoms with Crippen molar-refractivity contribution in [3.63, 3.8) is 0 Å². The summed E-state index contributed by atoms with van der Waals surface area (Å²) in [5, 5.41) is 23.9. The van der Waals surface area contributed by atoms with Gasteiger partial charge in [0.15, 0.2) is 0 Å². The van der Waals surface area contributed by atoms with Gasteiger partial charge in [-0.1, -0.05) is 30.3 Å². The van der Waals surface area contributed by atoms with E-state index in [1.165, 1.54) is 17.9 Å². The maximum absolute atomic E-state index is 13.3. The quantitative estimate of drug-likeness (QED) is 0.256. The van der Waals surface area contributed by atoms with Crippen LogP contribution in [0.5, 0.6) is 0 Å². The minimum atomic E-state index is -4.24. The van der Waals surface area contributed by atoms with Gasteiger partial charge in [0.25, 0.3) is 5.91 Å². The lowest BCUT2D eigenvalue weighted by atomic mass is 10.1. The largest absolute Gasteiger partial charge is 0.465 e. The monoisotopic (exact) mass is 549 g/mol. The number of piperazine rings is 1. The number of aliphatic hydroxyl groups excluding tert-OH is 1. The standard InChI is InChI=1S/C24H32N5O8P/c1-2-37-38(35,36)16-21(23(32)28-9-11-29(12-10-28)24(33)34)27-22(31)20-15-18(25-8-13-30)14-19(26-20)17-6-4-3-5-7-17/h3-7,14-15,21,30H,2,8-13,16H2,1H3,(H,25,26)(H,27,31)(H,33,34)(H,35,36)/t21-/m0/s1. The Hall–Kier alpha value is -3.51. The average molecular weight is 550 g/mol. The van der Waals surface area contributed by atoms with E-state index in [4.69, 9.17) is 9.63 Å². The van der Waals surface area contributed by atoms with Crippen molar-refractivity contribution >= 4 is 31.2 Å². The molecule has 5 N–H and O–H groups in total. The van der Waals surface area contributed by atoms with E-state index >= 15 is 0 Å². The Bertz CT molecular complexity index is 1170. The second kappa shape index (κ2) is 13.3. The Morgan fingerprint density at radius 3 is 2.37 bits per heavy atom. The summed E-state index contributed by atoms with van der Waals surface area (Å²) in [5.74, 6) is -1.39. The Morgan fingerprint density at radius 1 is 1.11 bits per heavy atom. The summed E-state index contributed by atoms with van der Waals surface area (Å²) in [6.45, 7) is 1.83. The Labute approximate surface area is 220 Å². The van der Waals surface area contributed by atoms with Gasteiger partial charge in [-0.25, -0.2) is 9.78 Å². The molecule has 206 valence electrons. The second-order valence-corrected chi connectivity index (χ2v) is 10.4. The van der Waals surface area contributed by atoms with Crippen LogP contribution >= 0.6 is 7.60 Å². The van der Waals surface area contributed by atoms with Crippen molar-refractivity contribution in [2.45, 2.75) is 13.0 Å². The number of amides is 3. The fourth-order valence-corrected chi connectivity index (χ4v) is 5.17. The number of anilines is 1. The van der Waals surface area contributed by atoms with E-state index in [0.717, 1.165) is 10.5 Å². The molecule has 0 bridgehead atoms. The summed E-state index contributed by atoms with van der Waals surface area (Å²) in [4.78, 5) is 55.0. The first-order valence-electron chi connectivity index (χ1n) is 12.1. The first-order chi connectivity index (χ1) is 18.1. The van der Waals surface area contributed by atoms with Crippen LogP contribution in [0.4, 0.5) is 10.5 Å². The summed E-state index contributed by atoms with van der Waals surface area (Å²) in [6, 6.07) is 10.8. The molecule has 2 heterocycles. The number of nitrogens with one attached hydrogen (secondary N) is 2. The number of pyridine rings is 1. The molecule has 13 nitrogen and oxygen atoms in total. The fourth-order valence-electron chi connectivity index (χ4n) is 3.95. The summed E-state index contributed by atoms with van der Waals surface area (Å²) in [6.07, 6.45) is -1.77. The van der Waals surface area contributed by atoms with Crippen molar-refractivity contribution in [1.29, 1.82) is 0 Å². The lowest BCUT2D eigenvalue weighted by Crippen LogP contribution is -2.56. The molecule has 0 saturated carbocycles. The van der Waals surface area contributed by atoms with Gasteiger partial charge in [0.05, 0.1) is 25.1 Å². The van der Waals surface area contributed by atoms with Crippen LogP contribution in [0.15, 0.2) is 42.5 Å². The van der Waals surface area contributed by atoms with Gasteiger partial charge < -0.3 is 40.1 Å². The number of hydrogen-bond donors (Lipinski definition) is 5. The molecule has 38 heavy (non-hydrogen) atoms. The van der Waals surface area contributed by atoms with Gasteiger partial charge in [-0.05, 0) is 19.1 Å². The summed E-state index contributed by atoms with van der Waals surface area (Å²) < 4.78 is 17.5. The number of nitrogens with zero attached hydrogens (tertiary/aromatic N) is 3. The number of benzene rings is 1. The Balaban J connectivity index is 1.87. The van der Waals surface area contributed by atoms with E-state index in [9.17, 15) is 28.9 Å². The number of rotatable bonds is 11. The highest BCUT2D eigenvalue weighted by Gasteiger charge is 2.35. The third-order valence-corrected chi connectivity index (χ3v) is 7.27. The molecule has 1 aliphatic rings. The first kappa shape index (κ1) is 29.1. The predicted molar refractivity (Wildman–Crippen MR) is 139 cm³/mol. The Morgan fingerprint density at radius 2 is 1.76 bits per heavy atom. The summed E-state index contributed by atoms with van der Waals surface area (Å²) in [7, 11) is -4.24. The zero-order chi connectivity index (χ0) is 27.7. The number of hydrogen-bond acceptors (Lipinski definition) is 8. The van der Waals surface area contributed by atoms with E-state index in [2.05, 4.69) is 15.6 Å². The lowest BCUT2D eigenvalue weighted by molar-refractivity contribution is -0.134. The highest BCUT2D eigenvalue weighted by Crippen LogP contribution is 2.42. The van der Waals surface area contributed by atoms with Crippen LogP contribution < -0.4 is 10.6 Å². The van der Waals surface area contributed by atoms with Gasteiger partial charge >= 0.3 is 13.7 Å². The number of aliphatic hydroxyl groups is 1. The van der Waals surface area contributed by atoms with E-state index in [0.29, 0.717) is 11.4 Å². The Kier molecular flexibility index (Phi) is 10.2. The summed E-state index contributed by atoms with van der Waals surface area (Å²) >= 11 is 0. The second-order valence-electron chi connectivity index (χ2n) is 8.50. The molecular formula is C24H32N5O8P. The molecule has 0 spiro atoms. The molecule has 1 fully saturated rings. The van der Waals surface area contributed by atoms with Crippen LogP contribution in [0.3, 0.4) is 0 Å². The number of carbonyl (C=O) groups is 3. The van der Waals surface area contributed by atoms with Gasteiger partial charge in [0, 0.05) is 44.0 Å². The van der Waals surface area contributed by atoms with Crippen LogP contribution in [0, 0.1) is 0 Å². The average Bonchev–Trinajstić information content (AvgIpc) is 2.91. The maximum atomic E-state index is 13.3. The van der Waals surface area contributed by atoms with E-state index in [1.807, 2.05) is 30.3 Å². The molecule has 2 atom stereocenters. The van der Waals surface area contributed by atoms with Crippen molar-refractivity contribution in [3.05, 3.63) is 48.2 Å². The first-order valence-corrected chi connectivity index (χ1v) is 13.9. The number of aromatic nitrogens is 1. The molecule has 3 amide bonds. The number of carbonyl (C=O) groups excluding carboxylic acids is 2. The predicted octanol–water partition coefficient (Wildman–Crippen LogP) is 1.30. The van der Waals surface area contributed by atoms with Crippen molar-refractivity contribution < 1.29 is 38.6 Å². The third kappa shape index (κ3) is 7.99. The van der Waals surface area contributed by atoms with Gasteiger partial charge in [-0.2, -0.15) is 0 Å². The summed E-state index contributed by atoms with van der Waals surface area (Å²) in [5.41, 5.74) is 1.65. The van der Waals surface area contributed by atoms with Crippen molar-refractivity contribution in [1.82, 2.24) is 20.1 Å². The van der Waals surface area contributed by atoms with Gasteiger partial charge in [-0.3, -0.25) is 14.2 Å². The highest BCUT2D eigenvalue weighted by atomic mass is 31.2. The molecule has 1 aromatic heterocycles. The molecule has 0 aliphatic carbocycles. The van der Waals surface area contributed by atoms with Crippen molar-refractivity contribution in [2.24, 2.45) is 0 Å². The zero-order valence-corrected chi connectivity index (χ0v) is 21.8. The van der Waals surface area contributed by atoms with Crippen LogP contribution in [0.25, 0.3) is 11.3 Å². The van der Waals surface area contributed by atoms with Gasteiger partial charge in [0.2, 0.25) is 5.91 Å². The van der Waals surface area contributed by atoms with E-state index in [-0.39, 0.29) is 51.6 Å². The molecule has 0 radical (unpaired) electrons. The van der Waals surface area contributed by atoms with Crippen molar-refractivity contribution in [3.8, 4) is 11.3 Å². The molecule has 2 aromatic rings. The highest BCUT2D eigenvalue weighted by molar-refractivity contribution is 7.52. The van der Waals surface area contributed by atoms with E-state index < -0.39 is 37.7 Å².